The number of nitrogens with one attached hydrogen (secondary N) is 2. The number of aliphatic hydroxyl groups excluding tert-OH is 2. The molecule has 4 atom stereocenters. The number of para-hydroxylation sites is 1. The van der Waals surface area contributed by atoms with Crippen LogP contribution in [-0.4, -0.2) is 95.6 Å². The van der Waals surface area contributed by atoms with Crippen LogP contribution in [0.3, 0.4) is 0 Å². The van der Waals surface area contributed by atoms with Gasteiger partial charge in [0.2, 0.25) is 0 Å². The molecule has 3 fully saturated rings. The van der Waals surface area contributed by atoms with Gasteiger partial charge < -0.3 is 35.1 Å². The highest BCUT2D eigenvalue weighted by atomic mass is 16.6. The highest BCUT2D eigenvalue weighted by molar-refractivity contribution is 5.85. The maximum atomic E-state index is 12.5. The van der Waals surface area contributed by atoms with Gasteiger partial charge in [-0.3, -0.25) is 9.36 Å². The summed E-state index contributed by atoms with van der Waals surface area (Å²) in [4.78, 5) is 28.4. The Hall–Kier alpha value is -3.58. The Morgan fingerprint density at radius 3 is 2.69 bits per heavy atom. The van der Waals surface area contributed by atoms with E-state index in [1.54, 1.807) is 4.57 Å². The van der Waals surface area contributed by atoms with Crippen molar-refractivity contribution in [1.29, 1.82) is 0 Å². The van der Waals surface area contributed by atoms with E-state index in [1.165, 1.54) is 61.5 Å². The van der Waals surface area contributed by atoms with E-state index >= 15 is 0 Å². The van der Waals surface area contributed by atoms with Gasteiger partial charge in [-0.2, -0.15) is 0 Å². The molecule has 2 saturated heterocycles. The van der Waals surface area contributed by atoms with Crippen LogP contribution in [0.5, 0.6) is 0 Å². The molecule has 4 N–H and O–H groups in total. The van der Waals surface area contributed by atoms with Crippen molar-refractivity contribution >= 4 is 33.8 Å². The fraction of sp³-hybridized carbons (Fsp3) is 0.533. The average molecular weight is 575 g/mol. The second-order valence-corrected chi connectivity index (χ2v) is 11.7. The lowest BCUT2D eigenvalue weighted by molar-refractivity contribution is -0.137. The number of hydrogen-bond donors (Lipinski definition) is 4. The van der Waals surface area contributed by atoms with Gasteiger partial charge in [0.1, 0.15) is 18.5 Å². The van der Waals surface area contributed by atoms with Crippen LogP contribution in [0.15, 0.2) is 43.1 Å². The summed E-state index contributed by atoms with van der Waals surface area (Å²) in [5.41, 5.74) is 3.51. The van der Waals surface area contributed by atoms with Crippen molar-refractivity contribution in [2.24, 2.45) is 0 Å². The van der Waals surface area contributed by atoms with Crippen molar-refractivity contribution in [2.75, 3.05) is 31.5 Å². The number of imidazole rings is 1. The predicted molar refractivity (Wildman–Crippen MR) is 157 cm³/mol. The van der Waals surface area contributed by atoms with Gasteiger partial charge in [-0.05, 0) is 56.8 Å². The molecule has 1 aromatic carbocycles. The van der Waals surface area contributed by atoms with E-state index in [0.29, 0.717) is 23.5 Å². The standard InChI is InChI=1S/C30H38N8O4/c39-24-25(40)30(42-26(24)29(41)35-20-8-9-20)38-18-34-23-27(32-17-33-28(23)38)31-11-10-19-16-37(22-7-3-2-6-21(19)22)15-14-36-12-4-1-5-13-36/h2-3,6-7,16-18,20,24-26,30,39-40H,1,4-5,8-15H2,(H,35,41)(H,31,32,33)/t24-,25+,26-,30?/m1/s1. The fourth-order valence-corrected chi connectivity index (χ4v) is 6.24. The number of rotatable bonds is 10. The third kappa shape index (κ3) is 5.35. The van der Waals surface area contributed by atoms with E-state index < -0.39 is 30.4 Å². The fourth-order valence-electron chi connectivity index (χ4n) is 6.24. The quantitative estimate of drug-likeness (QED) is 0.223. The summed E-state index contributed by atoms with van der Waals surface area (Å²) in [5, 5.41) is 28.8. The first-order valence-electron chi connectivity index (χ1n) is 15.1. The summed E-state index contributed by atoms with van der Waals surface area (Å²) < 4.78 is 9.76. The van der Waals surface area contributed by atoms with E-state index in [0.717, 1.165) is 32.4 Å². The molecule has 5 heterocycles. The molecule has 2 aliphatic heterocycles. The number of amides is 1. The van der Waals surface area contributed by atoms with Crippen molar-refractivity contribution in [1.82, 2.24) is 34.3 Å². The summed E-state index contributed by atoms with van der Waals surface area (Å²) in [6.07, 6.45) is 6.97. The van der Waals surface area contributed by atoms with Gasteiger partial charge >= 0.3 is 0 Å². The Morgan fingerprint density at radius 2 is 1.86 bits per heavy atom. The highest BCUT2D eigenvalue weighted by Crippen LogP contribution is 2.33. The van der Waals surface area contributed by atoms with E-state index in [-0.39, 0.29) is 6.04 Å². The maximum Gasteiger partial charge on any atom is 0.252 e. The molecular weight excluding hydrogens is 536 g/mol. The molecule has 1 amide bonds. The number of ether oxygens (including phenoxy) is 1. The zero-order valence-electron chi connectivity index (χ0n) is 23.6. The van der Waals surface area contributed by atoms with Crippen molar-refractivity contribution in [2.45, 2.75) is 75.7 Å². The van der Waals surface area contributed by atoms with E-state index in [1.807, 2.05) is 0 Å². The van der Waals surface area contributed by atoms with Crippen LogP contribution in [0.2, 0.25) is 0 Å². The minimum absolute atomic E-state index is 0.121. The van der Waals surface area contributed by atoms with Crippen molar-refractivity contribution < 1.29 is 19.7 Å². The van der Waals surface area contributed by atoms with Crippen molar-refractivity contribution in [3.05, 3.63) is 48.7 Å². The Labute approximate surface area is 243 Å². The molecule has 1 aliphatic carbocycles. The number of piperidine rings is 1. The molecule has 1 unspecified atom stereocenters. The first-order chi connectivity index (χ1) is 20.6. The van der Waals surface area contributed by atoms with Crippen molar-refractivity contribution in [3.8, 4) is 0 Å². The number of anilines is 1. The number of fused-ring (bicyclic) bond motifs is 2. The predicted octanol–water partition coefficient (Wildman–Crippen LogP) is 1.82. The zero-order chi connectivity index (χ0) is 28.6. The van der Waals surface area contributed by atoms with Crippen LogP contribution in [0.4, 0.5) is 5.82 Å². The summed E-state index contributed by atoms with van der Waals surface area (Å²) in [5.74, 6) is 0.157. The normalized spacial score (nSPS) is 24.9. The number of hydrogen-bond acceptors (Lipinski definition) is 9. The highest BCUT2D eigenvalue weighted by Gasteiger charge is 2.48. The Bertz CT molecular complexity index is 1560. The minimum atomic E-state index is -1.35. The molecule has 222 valence electrons. The molecule has 1 saturated carbocycles. The topological polar surface area (TPSA) is 143 Å². The van der Waals surface area contributed by atoms with Crippen LogP contribution in [0.25, 0.3) is 22.1 Å². The Balaban J connectivity index is 1.03. The van der Waals surface area contributed by atoms with Gasteiger partial charge in [-0.1, -0.05) is 24.6 Å². The van der Waals surface area contributed by atoms with Gasteiger partial charge in [0, 0.05) is 42.8 Å². The Morgan fingerprint density at radius 1 is 1.02 bits per heavy atom. The summed E-state index contributed by atoms with van der Waals surface area (Å²) in [6, 6.07) is 8.69. The summed E-state index contributed by atoms with van der Waals surface area (Å²) in [6.45, 7) is 5.08. The van der Waals surface area contributed by atoms with Gasteiger partial charge in [-0.15, -0.1) is 0 Å². The van der Waals surface area contributed by atoms with Crippen LogP contribution in [-0.2, 0) is 22.5 Å². The van der Waals surface area contributed by atoms with E-state index in [2.05, 4.69) is 65.5 Å². The van der Waals surface area contributed by atoms with Gasteiger partial charge in [0.15, 0.2) is 29.3 Å². The number of carbonyl (C=O) groups is 1. The molecular formula is C30H38N8O4. The number of aliphatic hydroxyl groups is 2. The lowest BCUT2D eigenvalue weighted by Gasteiger charge is -2.26. The number of likely N-dealkylation sites (tertiary alicyclic amines) is 1. The first-order valence-corrected chi connectivity index (χ1v) is 15.1. The maximum absolute atomic E-state index is 12.5. The van der Waals surface area contributed by atoms with Crippen LogP contribution < -0.4 is 10.6 Å². The van der Waals surface area contributed by atoms with Gasteiger partial charge in [-0.25, -0.2) is 15.0 Å². The summed E-state index contributed by atoms with van der Waals surface area (Å²) in [7, 11) is 0. The van der Waals surface area contributed by atoms with E-state index in [4.69, 9.17) is 4.74 Å². The zero-order valence-corrected chi connectivity index (χ0v) is 23.6. The third-order valence-corrected chi connectivity index (χ3v) is 8.72. The van der Waals surface area contributed by atoms with Crippen LogP contribution >= 0.6 is 0 Å². The molecule has 0 radical (unpaired) electrons. The minimum Gasteiger partial charge on any atom is -0.387 e. The summed E-state index contributed by atoms with van der Waals surface area (Å²) >= 11 is 0. The number of nitrogens with zero attached hydrogens (tertiary/aromatic N) is 6. The Kier molecular flexibility index (Phi) is 7.53. The molecule has 4 aromatic rings. The van der Waals surface area contributed by atoms with Crippen LogP contribution in [0, 0.1) is 0 Å². The van der Waals surface area contributed by atoms with Crippen molar-refractivity contribution in [3.63, 3.8) is 0 Å². The molecule has 3 aromatic heterocycles. The first kappa shape index (κ1) is 27.3. The molecule has 0 bridgehead atoms. The second kappa shape index (κ2) is 11.6. The largest absolute Gasteiger partial charge is 0.387 e. The van der Waals surface area contributed by atoms with E-state index in [9.17, 15) is 15.0 Å². The lowest BCUT2D eigenvalue weighted by Crippen LogP contribution is -2.43. The molecule has 7 rings (SSSR count). The second-order valence-electron chi connectivity index (χ2n) is 11.7. The molecule has 42 heavy (non-hydrogen) atoms. The molecule has 0 spiro atoms. The van der Waals surface area contributed by atoms with Gasteiger partial charge in [0.25, 0.3) is 5.91 Å². The number of benzene rings is 1. The SMILES string of the molecule is O=C(NC1CC1)[C@@H]1OC(n2cnc3c(NCCc4cn(CCN5CCCCC5)c5ccccc45)ncnc32)[C@@H](O)[C@H]1O. The molecule has 12 nitrogen and oxygen atoms in total. The number of carbonyl (C=O) groups excluding carboxylic acids is 1. The average Bonchev–Trinajstić information content (AvgIpc) is 3.49. The lowest BCUT2D eigenvalue weighted by atomic mass is 10.1. The van der Waals surface area contributed by atoms with Gasteiger partial charge in [0.05, 0.1) is 6.33 Å². The third-order valence-electron chi connectivity index (χ3n) is 8.72. The number of aromatic nitrogens is 5. The molecule has 12 heteroatoms. The molecule has 3 aliphatic rings. The van der Waals surface area contributed by atoms with Crippen LogP contribution in [0.1, 0.15) is 43.9 Å². The smallest absolute Gasteiger partial charge is 0.252 e. The monoisotopic (exact) mass is 574 g/mol.